The quantitative estimate of drug-likeness (QED) is 0.366. The highest BCUT2D eigenvalue weighted by molar-refractivity contribution is 14.1. The molecule has 4 rings (SSSR count). The number of halogens is 1. The summed E-state index contributed by atoms with van der Waals surface area (Å²) in [4.78, 5) is 17.3. The van der Waals surface area contributed by atoms with Crippen LogP contribution in [0, 0.1) is 10.5 Å². The van der Waals surface area contributed by atoms with E-state index in [0.29, 0.717) is 5.56 Å². The third kappa shape index (κ3) is 3.50. The molecule has 1 heterocycles. The molecule has 3 nitrogen and oxygen atoms in total. The van der Waals surface area contributed by atoms with Gasteiger partial charge in [0.2, 0.25) is 0 Å². The number of anilines is 1. The minimum Gasteiger partial charge on any atom is -0.322 e. The van der Waals surface area contributed by atoms with Crippen LogP contribution in [-0.2, 0) is 0 Å². The van der Waals surface area contributed by atoms with Crippen LogP contribution in [0.25, 0.3) is 20.8 Å². The number of para-hydroxylation sites is 1. The average Bonchev–Trinajstić information content (AvgIpc) is 3.07. The normalized spacial score (nSPS) is 10.8. The molecule has 0 radical (unpaired) electrons. The van der Waals surface area contributed by atoms with E-state index in [-0.39, 0.29) is 5.91 Å². The Morgan fingerprint density at radius 1 is 1.04 bits per heavy atom. The molecule has 0 aliphatic heterocycles. The summed E-state index contributed by atoms with van der Waals surface area (Å²) in [5.41, 5.74) is 4.49. The number of benzene rings is 3. The molecule has 0 atom stereocenters. The minimum atomic E-state index is -0.104. The number of thiazole rings is 1. The summed E-state index contributed by atoms with van der Waals surface area (Å²) in [6, 6.07) is 21.7. The Morgan fingerprint density at radius 2 is 1.88 bits per heavy atom. The molecule has 0 saturated heterocycles. The number of nitrogens with one attached hydrogen (secondary N) is 1. The van der Waals surface area contributed by atoms with E-state index in [4.69, 9.17) is 4.98 Å². The van der Waals surface area contributed by atoms with E-state index in [1.165, 1.54) is 0 Å². The number of aryl methyl sites for hydroxylation is 1. The highest BCUT2D eigenvalue weighted by Gasteiger charge is 2.11. The summed E-state index contributed by atoms with van der Waals surface area (Å²) in [5.74, 6) is -0.104. The molecule has 26 heavy (non-hydrogen) atoms. The van der Waals surface area contributed by atoms with Crippen LogP contribution in [0.5, 0.6) is 0 Å². The van der Waals surface area contributed by atoms with Gasteiger partial charge in [-0.15, -0.1) is 11.3 Å². The molecule has 1 N–H and O–H groups in total. The van der Waals surface area contributed by atoms with E-state index in [1.54, 1.807) is 11.3 Å². The first-order valence-corrected chi connectivity index (χ1v) is 10.0. The lowest BCUT2D eigenvalue weighted by Crippen LogP contribution is -2.12. The Labute approximate surface area is 169 Å². The molecule has 0 bridgehead atoms. The molecule has 128 valence electrons. The maximum Gasteiger partial charge on any atom is 0.255 e. The molecule has 1 aromatic heterocycles. The summed E-state index contributed by atoms with van der Waals surface area (Å²) < 4.78 is 2.20. The smallest absolute Gasteiger partial charge is 0.255 e. The van der Waals surface area contributed by atoms with Crippen LogP contribution < -0.4 is 5.32 Å². The van der Waals surface area contributed by atoms with Gasteiger partial charge in [0.25, 0.3) is 5.91 Å². The van der Waals surface area contributed by atoms with Crippen LogP contribution in [0.1, 0.15) is 15.9 Å². The van der Waals surface area contributed by atoms with Crippen molar-refractivity contribution in [2.75, 3.05) is 5.32 Å². The van der Waals surface area contributed by atoms with Crippen molar-refractivity contribution in [1.29, 1.82) is 0 Å². The first-order valence-electron chi connectivity index (χ1n) is 8.14. The largest absolute Gasteiger partial charge is 0.322 e. The lowest BCUT2D eigenvalue weighted by Gasteiger charge is -2.10. The van der Waals surface area contributed by atoms with E-state index >= 15 is 0 Å². The first-order chi connectivity index (χ1) is 12.6. The summed E-state index contributed by atoms with van der Waals surface area (Å²) in [6.45, 7) is 1.99. The van der Waals surface area contributed by atoms with Gasteiger partial charge in [-0.25, -0.2) is 4.98 Å². The van der Waals surface area contributed by atoms with E-state index < -0.39 is 0 Å². The zero-order valence-corrected chi connectivity index (χ0v) is 17.0. The van der Waals surface area contributed by atoms with Crippen LogP contribution in [0.15, 0.2) is 66.7 Å². The molecule has 4 aromatic rings. The lowest BCUT2D eigenvalue weighted by atomic mass is 10.1. The van der Waals surface area contributed by atoms with E-state index in [2.05, 4.69) is 34.0 Å². The molecule has 0 spiro atoms. The van der Waals surface area contributed by atoms with Crippen molar-refractivity contribution in [2.45, 2.75) is 6.92 Å². The number of hydrogen-bond acceptors (Lipinski definition) is 3. The van der Waals surface area contributed by atoms with Crippen molar-refractivity contribution in [2.24, 2.45) is 0 Å². The summed E-state index contributed by atoms with van der Waals surface area (Å²) in [6.07, 6.45) is 0. The van der Waals surface area contributed by atoms with Gasteiger partial charge in [0.05, 0.1) is 10.2 Å². The van der Waals surface area contributed by atoms with Gasteiger partial charge in [-0.1, -0.05) is 30.3 Å². The molecule has 3 aromatic carbocycles. The maximum atomic E-state index is 12.6. The minimum absolute atomic E-state index is 0.104. The van der Waals surface area contributed by atoms with Crippen LogP contribution in [0.2, 0.25) is 0 Å². The van der Waals surface area contributed by atoms with E-state index in [1.807, 2.05) is 67.6 Å². The zero-order chi connectivity index (χ0) is 18.1. The summed E-state index contributed by atoms with van der Waals surface area (Å²) >= 11 is 3.87. The number of nitrogens with zero attached hydrogens (tertiary/aromatic N) is 1. The molecule has 1 amide bonds. The Bertz CT molecular complexity index is 1090. The van der Waals surface area contributed by atoms with Gasteiger partial charge in [0, 0.05) is 20.4 Å². The van der Waals surface area contributed by atoms with Crippen molar-refractivity contribution in [3.63, 3.8) is 0 Å². The van der Waals surface area contributed by atoms with Crippen LogP contribution in [-0.4, -0.2) is 10.9 Å². The van der Waals surface area contributed by atoms with Crippen LogP contribution in [0.4, 0.5) is 5.69 Å². The Balaban J connectivity index is 1.67. The SMILES string of the molecule is Cc1ccc(-c2nc3ccccc3s2)cc1NC(=O)c1cccc(I)c1. The van der Waals surface area contributed by atoms with Crippen molar-refractivity contribution in [3.05, 3.63) is 81.4 Å². The lowest BCUT2D eigenvalue weighted by molar-refractivity contribution is 0.102. The highest BCUT2D eigenvalue weighted by atomic mass is 127. The number of rotatable bonds is 3. The molecular formula is C21H15IN2OS. The topological polar surface area (TPSA) is 42.0 Å². The van der Waals surface area contributed by atoms with Gasteiger partial charge >= 0.3 is 0 Å². The van der Waals surface area contributed by atoms with Gasteiger partial charge in [-0.3, -0.25) is 4.79 Å². The predicted octanol–water partition coefficient (Wildman–Crippen LogP) is 6.13. The van der Waals surface area contributed by atoms with E-state index in [0.717, 1.165) is 35.6 Å². The third-order valence-corrected chi connectivity index (χ3v) is 5.87. The number of carbonyl (C=O) groups excluding carboxylic acids is 1. The second-order valence-corrected chi connectivity index (χ2v) is 8.26. The fourth-order valence-corrected chi connectivity index (χ4v) is 4.21. The standard InChI is InChI=1S/C21H15IN2OS/c1-13-9-10-15(21-24-17-7-2-3-8-19(17)26-21)12-18(13)23-20(25)14-5-4-6-16(22)11-14/h2-12H,1H3,(H,23,25). The van der Waals surface area contributed by atoms with Crippen molar-refractivity contribution in [1.82, 2.24) is 4.98 Å². The van der Waals surface area contributed by atoms with Gasteiger partial charge in [0.15, 0.2) is 0 Å². The maximum absolute atomic E-state index is 12.6. The molecule has 0 unspecified atom stereocenters. The summed E-state index contributed by atoms with van der Waals surface area (Å²) in [7, 11) is 0. The van der Waals surface area contributed by atoms with Crippen LogP contribution in [0.3, 0.4) is 0 Å². The van der Waals surface area contributed by atoms with Gasteiger partial charge in [-0.2, -0.15) is 0 Å². The molecule has 0 aliphatic carbocycles. The molecule has 0 aliphatic rings. The molecule has 0 fully saturated rings. The Morgan fingerprint density at radius 3 is 2.69 bits per heavy atom. The molecular weight excluding hydrogens is 455 g/mol. The van der Waals surface area contributed by atoms with Crippen molar-refractivity contribution in [3.8, 4) is 10.6 Å². The first kappa shape index (κ1) is 17.2. The number of aromatic nitrogens is 1. The Kier molecular flexibility index (Phi) is 4.74. The third-order valence-electron chi connectivity index (χ3n) is 4.11. The van der Waals surface area contributed by atoms with E-state index in [9.17, 15) is 4.79 Å². The predicted molar refractivity (Wildman–Crippen MR) is 117 cm³/mol. The number of amides is 1. The molecule has 5 heteroatoms. The number of fused-ring (bicyclic) bond motifs is 1. The fourth-order valence-electron chi connectivity index (χ4n) is 2.71. The number of hydrogen-bond donors (Lipinski definition) is 1. The van der Waals surface area contributed by atoms with Crippen LogP contribution >= 0.6 is 33.9 Å². The average molecular weight is 470 g/mol. The van der Waals surface area contributed by atoms with Gasteiger partial charge in [-0.05, 0) is 71.5 Å². The second-order valence-electron chi connectivity index (χ2n) is 5.98. The van der Waals surface area contributed by atoms with Gasteiger partial charge < -0.3 is 5.32 Å². The zero-order valence-electron chi connectivity index (χ0n) is 14.0. The van der Waals surface area contributed by atoms with Crippen molar-refractivity contribution < 1.29 is 4.79 Å². The van der Waals surface area contributed by atoms with Crippen molar-refractivity contribution >= 4 is 55.7 Å². The monoisotopic (exact) mass is 470 g/mol. The fraction of sp³-hybridized carbons (Fsp3) is 0.0476. The second kappa shape index (κ2) is 7.17. The number of carbonyl (C=O) groups is 1. The van der Waals surface area contributed by atoms with Gasteiger partial charge in [0.1, 0.15) is 5.01 Å². The highest BCUT2D eigenvalue weighted by Crippen LogP contribution is 2.32. The Hall–Kier alpha value is -2.25. The summed E-state index contributed by atoms with van der Waals surface area (Å²) in [5, 5.41) is 3.99. The molecule has 0 saturated carbocycles.